The van der Waals surface area contributed by atoms with E-state index in [2.05, 4.69) is 16.2 Å². The molecule has 0 aromatic heterocycles. The Balaban J connectivity index is 1.82. The lowest BCUT2D eigenvalue weighted by molar-refractivity contribution is -0.123. The van der Waals surface area contributed by atoms with Crippen LogP contribution in [0.4, 0.5) is 5.69 Å². The number of carbonyl (C=O) groups is 3. The van der Waals surface area contributed by atoms with Crippen LogP contribution in [0.2, 0.25) is 5.02 Å². The second kappa shape index (κ2) is 9.05. The summed E-state index contributed by atoms with van der Waals surface area (Å²) in [5.41, 5.74) is 7.18. The van der Waals surface area contributed by atoms with Gasteiger partial charge in [0, 0.05) is 23.2 Å². The molecule has 0 aliphatic carbocycles. The van der Waals surface area contributed by atoms with Crippen LogP contribution in [0.15, 0.2) is 36.4 Å². The minimum Gasteiger partial charge on any atom is -0.484 e. The van der Waals surface area contributed by atoms with Crippen molar-refractivity contribution in [3.05, 3.63) is 58.1 Å². The van der Waals surface area contributed by atoms with Crippen LogP contribution in [0.25, 0.3) is 0 Å². The van der Waals surface area contributed by atoms with Crippen LogP contribution in [0.5, 0.6) is 5.75 Å². The fourth-order valence-corrected chi connectivity index (χ4v) is 2.39. The molecule has 0 aliphatic heterocycles. The van der Waals surface area contributed by atoms with Gasteiger partial charge in [-0.1, -0.05) is 11.6 Å². The number of amides is 3. The van der Waals surface area contributed by atoms with Crippen molar-refractivity contribution in [1.82, 2.24) is 10.9 Å². The number of hydrogen-bond acceptors (Lipinski definition) is 4. The third-order valence-corrected chi connectivity index (χ3v) is 4.16. The van der Waals surface area contributed by atoms with Crippen LogP contribution in [-0.4, -0.2) is 24.3 Å². The highest BCUT2D eigenvalue weighted by Gasteiger charge is 2.09. The number of carbonyl (C=O) groups excluding carboxylic acids is 3. The summed E-state index contributed by atoms with van der Waals surface area (Å²) >= 11 is 6.09. The topological polar surface area (TPSA) is 96.5 Å². The van der Waals surface area contributed by atoms with E-state index in [1.54, 1.807) is 24.3 Å². The molecular formula is C19H20ClN3O4. The first-order valence-corrected chi connectivity index (χ1v) is 8.50. The molecule has 0 saturated heterocycles. The van der Waals surface area contributed by atoms with Crippen LogP contribution in [0.1, 0.15) is 28.4 Å². The van der Waals surface area contributed by atoms with Crippen molar-refractivity contribution in [2.24, 2.45) is 0 Å². The van der Waals surface area contributed by atoms with Gasteiger partial charge in [0.05, 0.1) is 0 Å². The quantitative estimate of drug-likeness (QED) is 0.685. The van der Waals surface area contributed by atoms with Crippen molar-refractivity contribution in [2.45, 2.75) is 20.8 Å². The van der Waals surface area contributed by atoms with Crippen molar-refractivity contribution in [2.75, 3.05) is 11.9 Å². The number of benzene rings is 2. The average Bonchev–Trinajstić information content (AvgIpc) is 2.62. The molecule has 0 aliphatic rings. The smallest absolute Gasteiger partial charge is 0.276 e. The first-order valence-electron chi connectivity index (χ1n) is 8.12. The largest absolute Gasteiger partial charge is 0.484 e. The lowest BCUT2D eigenvalue weighted by Crippen LogP contribution is -2.43. The van der Waals surface area contributed by atoms with Gasteiger partial charge in [-0.15, -0.1) is 0 Å². The van der Waals surface area contributed by atoms with Crippen LogP contribution in [0.3, 0.4) is 0 Å². The predicted octanol–water partition coefficient (Wildman–Crippen LogP) is 2.76. The molecule has 2 aromatic rings. The number of hydrogen-bond donors (Lipinski definition) is 3. The summed E-state index contributed by atoms with van der Waals surface area (Å²) < 4.78 is 5.41. The fourth-order valence-electron chi connectivity index (χ4n) is 2.28. The maximum atomic E-state index is 12.0. The Kier molecular flexibility index (Phi) is 6.79. The summed E-state index contributed by atoms with van der Waals surface area (Å²) in [5, 5.41) is 3.26. The highest BCUT2D eigenvalue weighted by atomic mass is 35.5. The highest BCUT2D eigenvalue weighted by molar-refractivity contribution is 6.32. The zero-order valence-corrected chi connectivity index (χ0v) is 15.9. The second-order valence-electron chi connectivity index (χ2n) is 5.92. The van der Waals surface area contributed by atoms with E-state index in [0.29, 0.717) is 22.0 Å². The van der Waals surface area contributed by atoms with E-state index in [-0.39, 0.29) is 12.5 Å². The van der Waals surface area contributed by atoms with Gasteiger partial charge in [-0.05, 0) is 61.4 Å². The molecule has 0 radical (unpaired) electrons. The van der Waals surface area contributed by atoms with Crippen molar-refractivity contribution in [3.63, 3.8) is 0 Å². The van der Waals surface area contributed by atoms with Crippen molar-refractivity contribution in [1.29, 1.82) is 0 Å². The van der Waals surface area contributed by atoms with Gasteiger partial charge in [0.2, 0.25) is 5.91 Å². The van der Waals surface area contributed by atoms with Gasteiger partial charge < -0.3 is 10.1 Å². The van der Waals surface area contributed by atoms with E-state index in [9.17, 15) is 14.4 Å². The Morgan fingerprint density at radius 3 is 2.15 bits per heavy atom. The van der Waals surface area contributed by atoms with Crippen LogP contribution < -0.4 is 20.9 Å². The van der Waals surface area contributed by atoms with Gasteiger partial charge in [0.1, 0.15) is 5.75 Å². The van der Waals surface area contributed by atoms with Gasteiger partial charge in [-0.25, -0.2) is 0 Å². The number of nitrogens with one attached hydrogen (secondary N) is 3. The molecule has 0 spiro atoms. The molecule has 142 valence electrons. The Hall–Kier alpha value is -3.06. The zero-order chi connectivity index (χ0) is 20.0. The molecule has 8 heteroatoms. The van der Waals surface area contributed by atoms with E-state index in [0.717, 1.165) is 11.1 Å². The van der Waals surface area contributed by atoms with Gasteiger partial charge in [0.25, 0.3) is 11.8 Å². The van der Waals surface area contributed by atoms with Crippen LogP contribution >= 0.6 is 11.6 Å². The molecule has 0 atom stereocenters. The lowest BCUT2D eigenvalue weighted by atomic mass is 10.1. The van der Waals surface area contributed by atoms with Crippen LogP contribution in [0, 0.1) is 13.8 Å². The molecule has 0 unspecified atom stereocenters. The lowest BCUT2D eigenvalue weighted by Gasteiger charge is -2.11. The van der Waals surface area contributed by atoms with E-state index in [4.69, 9.17) is 16.3 Å². The van der Waals surface area contributed by atoms with Crippen molar-refractivity contribution >= 4 is 35.0 Å². The molecule has 2 aromatic carbocycles. The molecule has 0 bridgehead atoms. The third kappa shape index (κ3) is 6.00. The summed E-state index contributed by atoms with van der Waals surface area (Å²) in [6, 6.07) is 9.71. The van der Waals surface area contributed by atoms with Gasteiger partial charge in [-0.2, -0.15) is 0 Å². The minimum atomic E-state index is -0.511. The number of halogens is 1. The Labute approximate surface area is 162 Å². The number of ether oxygens (including phenoxy) is 1. The SMILES string of the molecule is CC(=O)Nc1ccc(C(=O)NNC(=O)COc2cc(C)c(Cl)c(C)c2)cc1. The molecule has 0 saturated carbocycles. The highest BCUT2D eigenvalue weighted by Crippen LogP contribution is 2.25. The van der Waals surface area contributed by atoms with Gasteiger partial charge in [-0.3, -0.25) is 25.2 Å². The van der Waals surface area contributed by atoms with E-state index < -0.39 is 11.8 Å². The monoisotopic (exact) mass is 389 g/mol. The summed E-state index contributed by atoms with van der Waals surface area (Å²) in [7, 11) is 0. The first kappa shape index (κ1) is 20.3. The standard InChI is InChI=1S/C19H20ClN3O4/c1-11-8-16(9-12(2)18(11)20)27-10-17(25)22-23-19(26)14-4-6-15(7-5-14)21-13(3)24/h4-9H,10H2,1-3H3,(H,21,24)(H,22,25)(H,23,26). The Morgan fingerprint density at radius 2 is 1.59 bits per heavy atom. The maximum Gasteiger partial charge on any atom is 0.276 e. The van der Waals surface area contributed by atoms with Gasteiger partial charge in [0.15, 0.2) is 6.61 Å². The first-order chi connectivity index (χ1) is 12.8. The van der Waals surface area contributed by atoms with E-state index in [1.165, 1.54) is 19.1 Å². The van der Waals surface area contributed by atoms with E-state index in [1.807, 2.05) is 13.8 Å². The average molecular weight is 390 g/mol. The predicted molar refractivity (Wildman–Crippen MR) is 103 cm³/mol. The van der Waals surface area contributed by atoms with E-state index >= 15 is 0 Å². The molecule has 3 N–H and O–H groups in total. The Morgan fingerprint density at radius 1 is 1.00 bits per heavy atom. The molecule has 2 rings (SSSR count). The summed E-state index contributed by atoms with van der Waals surface area (Å²) in [6.07, 6.45) is 0. The summed E-state index contributed by atoms with van der Waals surface area (Å²) in [5.74, 6) is -0.686. The molecule has 27 heavy (non-hydrogen) atoms. The number of anilines is 1. The minimum absolute atomic E-state index is 0.203. The molecule has 0 heterocycles. The molecule has 0 fully saturated rings. The van der Waals surface area contributed by atoms with Crippen molar-refractivity contribution < 1.29 is 19.1 Å². The van der Waals surface area contributed by atoms with Gasteiger partial charge >= 0.3 is 0 Å². The molecule has 3 amide bonds. The normalized spacial score (nSPS) is 10.1. The fraction of sp³-hybridized carbons (Fsp3) is 0.211. The molecular weight excluding hydrogens is 370 g/mol. The number of hydrazine groups is 1. The summed E-state index contributed by atoms with van der Waals surface area (Å²) in [4.78, 5) is 34.8. The molecule has 7 nitrogen and oxygen atoms in total. The zero-order valence-electron chi connectivity index (χ0n) is 15.2. The second-order valence-corrected chi connectivity index (χ2v) is 6.30. The number of aryl methyl sites for hydroxylation is 2. The Bertz CT molecular complexity index is 843. The summed E-state index contributed by atoms with van der Waals surface area (Å²) in [6.45, 7) is 4.83. The third-order valence-electron chi connectivity index (χ3n) is 3.56. The van der Waals surface area contributed by atoms with Crippen molar-refractivity contribution in [3.8, 4) is 5.75 Å². The number of rotatable bonds is 5. The maximum absolute atomic E-state index is 12.0. The van der Waals surface area contributed by atoms with Crippen LogP contribution in [-0.2, 0) is 9.59 Å².